The van der Waals surface area contributed by atoms with Gasteiger partial charge in [-0.25, -0.2) is 0 Å². The van der Waals surface area contributed by atoms with E-state index >= 15 is 0 Å². The topological polar surface area (TPSA) is 38.8 Å². The molecule has 0 bridgehead atoms. The Morgan fingerprint density at radius 1 is 1.26 bits per heavy atom. The smallest absolute Gasteiger partial charge is 0.260 e. The molecule has 0 radical (unpaired) electrons. The van der Waals surface area contributed by atoms with Gasteiger partial charge in [-0.3, -0.25) is 4.79 Å². The number of rotatable bonds is 6. The van der Waals surface area contributed by atoms with E-state index in [0.717, 1.165) is 18.4 Å². The van der Waals surface area contributed by atoms with Crippen LogP contribution in [0.25, 0.3) is 6.08 Å². The minimum atomic E-state index is 0.0245. The fraction of sp³-hybridized carbons (Fsp3) is 0.526. The first kappa shape index (κ1) is 17.4. The molecule has 1 fully saturated rings. The summed E-state index contributed by atoms with van der Waals surface area (Å²) in [5, 5.41) is 0. The maximum atomic E-state index is 12.3. The van der Waals surface area contributed by atoms with E-state index in [1.165, 1.54) is 19.3 Å². The van der Waals surface area contributed by atoms with Crippen molar-refractivity contribution in [3.63, 3.8) is 0 Å². The van der Waals surface area contributed by atoms with Crippen molar-refractivity contribution in [2.75, 3.05) is 20.8 Å². The van der Waals surface area contributed by atoms with E-state index < -0.39 is 0 Å². The molecule has 1 saturated carbocycles. The first-order valence-corrected chi connectivity index (χ1v) is 8.35. The summed E-state index contributed by atoms with van der Waals surface area (Å²) in [7, 11) is 3.49. The second kappa shape index (κ2) is 8.61. The molecule has 0 spiro atoms. The summed E-state index contributed by atoms with van der Waals surface area (Å²) in [5.41, 5.74) is 1.04. The Labute approximate surface area is 139 Å². The number of amides is 1. The lowest BCUT2D eigenvalue weighted by molar-refractivity contribution is -0.134. The molecule has 1 amide bonds. The zero-order valence-electron chi connectivity index (χ0n) is 14.4. The van der Waals surface area contributed by atoms with Crippen molar-refractivity contribution < 1.29 is 14.3 Å². The van der Waals surface area contributed by atoms with Crippen molar-refractivity contribution in [2.45, 2.75) is 45.1 Å². The third-order valence-corrected chi connectivity index (χ3v) is 4.41. The Hall–Kier alpha value is -1.97. The average Bonchev–Trinajstić information content (AvgIpc) is 2.60. The highest BCUT2D eigenvalue weighted by atomic mass is 16.5. The van der Waals surface area contributed by atoms with E-state index in [1.807, 2.05) is 49.2 Å². The summed E-state index contributed by atoms with van der Waals surface area (Å²) in [6.45, 7) is 2.02. The van der Waals surface area contributed by atoms with Crippen LogP contribution in [-0.4, -0.2) is 37.6 Å². The van der Waals surface area contributed by atoms with Crippen molar-refractivity contribution in [1.29, 1.82) is 0 Å². The van der Waals surface area contributed by atoms with Gasteiger partial charge < -0.3 is 14.4 Å². The van der Waals surface area contributed by atoms with E-state index in [2.05, 4.69) is 0 Å². The normalized spacial score (nSPS) is 15.6. The van der Waals surface area contributed by atoms with Gasteiger partial charge in [0.1, 0.15) is 0 Å². The fourth-order valence-electron chi connectivity index (χ4n) is 3.01. The van der Waals surface area contributed by atoms with E-state index in [1.54, 1.807) is 7.11 Å². The summed E-state index contributed by atoms with van der Waals surface area (Å²) in [4.78, 5) is 14.2. The lowest BCUT2D eigenvalue weighted by Gasteiger charge is -2.31. The molecule has 0 saturated heterocycles. The first-order valence-electron chi connectivity index (χ1n) is 8.35. The quantitative estimate of drug-likeness (QED) is 0.799. The predicted octanol–water partition coefficient (Wildman–Crippen LogP) is 3.90. The number of ether oxygens (including phenoxy) is 2. The van der Waals surface area contributed by atoms with Crippen LogP contribution in [0.15, 0.2) is 24.3 Å². The van der Waals surface area contributed by atoms with Gasteiger partial charge in [0.15, 0.2) is 18.1 Å². The lowest BCUT2D eigenvalue weighted by Crippen LogP contribution is -2.40. The minimum Gasteiger partial charge on any atom is -0.493 e. The zero-order valence-corrected chi connectivity index (χ0v) is 14.4. The van der Waals surface area contributed by atoms with Gasteiger partial charge >= 0.3 is 0 Å². The van der Waals surface area contributed by atoms with Crippen molar-refractivity contribution in [3.8, 4) is 11.5 Å². The first-order chi connectivity index (χ1) is 11.2. The molecule has 2 rings (SSSR count). The number of hydrogen-bond acceptors (Lipinski definition) is 3. The summed E-state index contributed by atoms with van der Waals surface area (Å²) >= 11 is 0. The fourth-order valence-corrected chi connectivity index (χ4v) is 3.01. The Kier molecular flexibility index (Phi) is 6.51. The molecule has 4 nitrogen and oxygen atoms in total. The molecule has 0 aliphatic heterocycles. The molecule has 1 aliphatic carbocycles. The highest BCUT2D eigenvalue weighted by Crippen LogP contribution is 2.29. The van der Waals surface area contributed by atoms with Crippen LogP contribution in [0.5, 0.6) is 11.5 Å². The molecule has 4 heteroatoms. The van der Waals surface area contributed by atoms with Gasteiger partial charge in [-0.1, -0.05) is 37.5 Å². The van der Waals surface area contributed by atoms with E-state index in [0.29, 0.717) is 17.5 Å². The molecule has 1 aromatic carbocycles. The average molecular weight is 317 g/mol. The Balaban J connectivity index is 1.95. The molecule has 0 heterocycles. The van der Waals surface area contributed by atoms with E-state index in [9.17, 15) is 4.79 Å². The summed E-state index contributed by atoms with van der Waals surface area (Å²) in [6, 6.07) is 6.07. The maximum Gasteiger partial charge on any atom is 0.260 e. The third kappa shape index (κ3) is 4.75. The molecule has 126 valence electrons. The minimum absolute atomic E-state index is 0.0245. The second-order valence-electron chi connectivity index (χ2n) is 6.00. The van der Waals surface area contributed by atoms with Gasteiger partial charge in [0.2, 0.25) is 0 Å². The molecule has 0 aromatic heterocycles. The second-order valence-corrected chi connectivity index (χ2v) is 6.00. The van der Waals surface area contributed by atoms with Gasteiger partial charge in [0.25, 0.3) is 5.91 Å². The van der Waals surface area contributed by atoms with Gasteiger partial charge in [-0.05, 0) is 37.5 Å². The third-order valence-electron chi connectivity index (χ3n) is 4.41. The Bertz CT molecular complexity index is 548. The number of benzene rings is 1. The van der Waals surface area contributed by atoms with Crippen molar-refractivity contribution in [1.82, 2.24) is 4.90 Å². The number of hydrogen-bond donors (Lipinski definition) is 0. The van der Waals surface area contributed by atoms with Gasteiger partial charge in [0.05, 0.1) is 7.11 Å². The van der Waals surface area contributed by atoms with Crippen molar-refractivity contribution >= 4 is 12.0 Å². The number of likely N-dealkylation sites (N-methyl/N-ethyl adjacent to an activating group) is 1. The van der Waals surface area contributed by atoms with Crippen LogP contribution in [-0.2, 0) is 4.79 Å². The molecule has 23 heavy (non-hydrogen) atoms. The van der Waals surface area contributed by atoms with Crippen LogP contribution in [0.4, 0.5) is 0 Å². The van der Waals surface area contributed by atoms with Gasteiger partial charge in [-0.2, -0.15) is 0 Å². The van der Waals surface area contributed by atoms with E-state index in [-0.39, 0.29) is 12.5 Å². The number of allylic oxidation sites excluding steroid dienone is 1. The highest BCUT2D eigenvalue weighted by Gasteiger charge is 2.22. The molecular weight excluding hydrogens is 290 g/mol. The number of methoxy groups -OCH3 is 1. The molecule has 1 aromatic rings. The van der Waals surface area contributed by atoms with Crippen LogP contribution in [0.1, 0.15) is 44.6 Å². The highest BCUT2D eigenvalue weighted by molar-refractivity contribution is 5.78. The summed E-state index contributed by atoms with van der Waals surface area (Å²) in [6.07, 6.45) is 9.87. The Morgan fingerprint density at radius 3 is 2.65 bits per heavy atom. The SMILES string of the molecule is CC=Cc1ccc(OCC(=O)N(C)C2CCCCC2)c(OC)c1. The van der Waals surface area contributed by atoms with E-state index in [4.69, 9.17) is 9.47 Å². The summed E-state index contributed by atoms with van der Waals surface area (Å²) in [5.74, 6) is 1.27. The lowest BCUT2D eigenvalue weighted by atomic mass is 9.94. The number of carbonyl (C=O) groups excluding carboxylic acids is 1. The van der Waals surface area contributed by atoms with Crippen LogP contribution in [0.3, 0.4) is 0 Å². The standard InChI is InChI=1S/C19H27NO3/c1-4-8-15-11-12-17(18(13-15)22-3)23-14-19(21)20(2)16-9-6-5-7-10-16/h4,8,11-13,16H,5-7,9-10,14H2,1-3H3. The van der Waals surface area contributed by atoms with Gasteiger partial charge in [-0.15, -0.1) is 0 Å². The number of nitrogens with zero attached hydrogens (tertiary/aromatic N) is 1. The Morgan fingerprint density at radius 2 is 2.00 bits per heavy atom. The number of carbonyl (C=O) groups is 1. The van der Waals surface area contributed by atoms with Gasteiger partial charge in [0, 0.05) is 13.1 Å². The van der Waals surface area contributed by atoms with Crippen LogP contribution in [0.2, 0.25) is 0 Å². The summed E-state index contributed by atoms with van der Waals surface area (Å²) < 4.78 is 11.1. The largest absolute Gasteiger partial charge is 0.493 e. The monoisotopic (exact) mass is 317 g/mol. The molecule has 0 atom stereocenters. The maximum absolute atomic E-state index is 12.3. The van der Waals surface area contributed by atoms with Crippen LogP contribution in [0, 0.1) is 0 Å². The molecule has 0 N–H and O–H groups in total. The molecule has 0 unspecified atom stereocenters. The zero-order chi connectivity index (χ0) is 16.7. The van der Waals surface area contributed by atoms with Crippen molar-refractivity contribution in [2.24, 2.45) is 0 Å². The molecule has 1 aliphatic rings. The predicted molar refractivity (Wildman–Crippen MR) is 92.8 cm³/mol. The van der Waals surface area contributed by atoms with Crippen LogP contribution >= 0.6 is 0 Å². The van der Waals surface area contributed by atoms with Crippen molar-refractivity contribution in [3.05, 3.63) is 29.8 Å². The van der Waals surface area contributed by atoms with Crippen LogP contribution < -0.4 is 9.47 Å². The molecular formula is C19H27NO3.